The van der Waals surface area contributed by atoms with E-state index < -0.39 is 0 Å². The predicted octanol–water partition coefficient (Wildman–Crippen LogP) is 4.47. The first-order valence-electron chi connectivity index (χ1n) is 8.63. The Morgan fingerprint density at radius 1 is 1.14 bits per heavy atom. The lowest BCUT2D eigenvalue weighted by Crippen LogP contribution is -2.54. The fourth-order valence-electron chi connectivity index (χ4n) is 3.63. The summed E-state index contributed by atoms with van der Waals surface area (Å²) in [5.41, 5.74) is -0.646. The first kappa shape index (κ1) is 16.6. The van der Waals surface area contributed by atoms with Crippen LogP contribution in [0.4, 0.5) is 4.79 Å². The van der Waals surface area contributed by atoms with Gasteiger partial charge in [0.1, 0.15) is 5.72 Å². The number of amides is 1. The lowest BCUT2D eigenvalue weighted by molar-refractivity contribution is -0.0751. The van der Waals surface area contributed by atoms with Gasteiger partial charge in [-0.25, -0.2) is 4.79 Å². The molecule has 1 spiro atoms. The van der Waals surface area contributed by atoms with E-state index in [1.807, 2.05) is 4.90 Å². The molecular weight excluding hydrogens is 266 g/mol. The largest absolute Gasteiger partial charge is 0.449 e. The second kappa shape index (κ2) is 6.99. The summed E-state index contributed by atoms with van der Waals surface area (Å²) in [7, 11) is 0. The number of unbranched alkanes of at least 4 members (excludes halogenated alkanes) is 4. The van der Waals surface area contributed by atoms with Gasteiger partial charge in [0.2, 0.25) is 0 Å². The smallest absolute Gasteiger partial charge is 0.412 e. The quantitative estimate of drug-likeness (QED) is 0.679. The van der Waals surface area contributed by atoms with Crippen molar-refractivity contribution in [3.05, 3.63) is 0 Å². The molecule has 4 heteroatoms. The molecule has 0 aromatic rings. The SMILES string of the molecule is CCCCCCCOC(=O)N1C(C)(C)COC12CCCC2. The zero-order chi connectivity index (χ0) is 15.3. The highest BCUT2D eigenvalue weighted by molar-refractivity contribution is 5.70. The molecule has 0 N–H and O–H groups in total. The Morgan fingerprint density at radius 2 is 1.81 bits per heavy atom. The van der Waals surface area contributed by atoms with Gasteiger partial charge in [-0.05, 0) is 46.0 Å². The van der Waals surface area contributed by atoms with Crippen molar-refractivity contribution in [2.75, 3.05) is 13.2 Å². The van der Waals surface area contributed by atoms with Gasteiger partial charge in [0.25, 0.3) is 0 Å². The summed E-state index contributed by atoms with van der Waals surface area (Å²) < 4.78 is 11.6. The molecule has 21 heavy (non-hydrogen) atoms. The molecule has 2 rings (SSSR count). The Kier molecular flexibility index (Phi) is 5.53. The van der Waals surface area contributed by atoms with E-state index in [0.29, 0.717) is 13.2 Å². The van der Waals surface area contributed by atoms with Crippen molar-refractivity contribution < 1.29 is 14.3 Å². The fraction of sp³-hybridized carbons (Fsp3) is 0.941. The average molecular weight is 297 g/mol. The van der Waals surface area contributed by atoms with Gasteiger partial charge in [-0.3, -0.25) is 4.90 Å². The highest BCUT2D eigenvalue weighted by atomic mass is 16.6. The standard InChI is InChI=1S/C17H31NO3/c1-4-5-6-7-10-13-20-15(19)18-16(2,3)14-21-17(18)11-8-9-12-17/h4-14H2,1-3H3. The molecule has 2 aliphatic rings. The lowest BCUT2D eigenvalue weighted by Gasteiger charge is -2.38. The van der Waals surface area contributed by atoms with Gasteiger partial charge >= 0.3 is 6.09 Å². The van der Waals surface area contributed by atoms with Crippen molar-refractivity contribution in [3.63, 3.8) is 0 Å². The maximum Gasteiger partial charge on any atom is 0.412 e. The number of carbonyl (C=O) groups excluding carboxylic acids is 1. The minimum atomic E-state index is -0.386. The minimum Gasteiger partial charge on any atom is -0.449 e. The van der Waals surface area contributed by atoms with E-state index in [1.165, 1.54) is 19.3 Å². The van der Waals surface area contributed by atoms with Crippen LogP contribution in [0.2, 0.25) is 0 Å². The molecule has 2 fully saturated rings. The van der Waals surface area contributed by atoms with Gasteiger partial charge in [-0.1, -0.05) is 32.6 Å². The number of hydrogen-bond donors (Lipinski definition) is 0. The summed E-state index contributed by atoms with van der Waals surface area (Å²) in [4.78, 5) is 14.4. The molecule has 4 nitrogen and oxygen atoms in total. The monoisotopic (exact) mass is 297 g/mol. The molecule has 1 heterocycles. The van der Waals surface area contributed by atoms with Crippen molar-refractivity contribution in [1.29, 1.82) is 0 Å². The normalized spacial score (nSPS) is 22.9. The van der Waals surface area contributed by atoms with Gasteiger partial charge < -0.3 is 9.47 Å². The van der Waals surface area contributed by atoms with E-state index in [9.17, 15) is 4.79 Å². The van der Waals surface area contributed by atoms with Crippen molar-refractivity contribution in [2.45, 2.75) is 89.8 Å². The van der Waals surface area contributed by atoms with Crippen molar-refractivity contribution in [3.8, 4) is 0 Å². The zero-order valence-corrected chi connectivity index (χ0v) is 14.0. The third kappa shape index (κ3) is 3.71. The maximum absolute atomic E-state index is 12.5. The highest BCUT2D eigenvalue weighted by Gasteiger charge is 2.55. The molecule has 1 amide bonds. The summed E-state index contributed by atoms with van der Waals surface area (Å²) >= 11 is 0. The molecule has 0 atom stereocenters. The number of ether oxygens (including phenoxy) is 2. The van der Waals surface area contributed by atoms with Crippen LogP contribution in [0.1, 0.15) is 78.6 Å². The molecule has 1 aliphatic carbocycles. The van der Waals surface area contributed by atoms with E-state index in [2.05, 4.69) is 20.8 Å². The predicted molar refractivity (Wildman–Crippen MR) is 83.2 cm³/mol. The van der Waals surface area contributed by atoms with Crippen LogP contribution in [0.15, 0.2) is 0 Å². The van der Waals surface area contributed by atoms with E-state index in [0.717, 1.165) is 38.5 Å². The number of nitrogens with zero attached hydrogens (tertiary/aromatic N) is 1. The Bertz CT molecular complexity index is 348. The Hall–Kier alpha value is -0.770. The second-order valence-corrected chi connectivity index (χ2v) is 7.12. The van der Waals surface area contributed by atoms with Crippen LogP contribution in [0.5, 0.6) is 0 Å². The van der Waals surface area contributed by atoms with Gasteiger partial charge in [-0.15, -0.1) is 0 Å². The van der Waals surface area contributed by atoms with Crippen molar-refractivity contribution >= 4 is 6.09 Å². The van der Waals surface area contributed by atoms with E-state index in [-0.39, 0.29) is 17.4 Å². The molecule has 0 unspecified atom stereocenters. The van der Waals surface area contributed by atoms with Gasteiger partial charge in [0.05, 0.1) is 18.8 Å². The van der Waals surface area contributed by atoms with E-state index in [1.54, 1.807) is 0 Å². The number of rotatable bonds is 6. The summed E-state index contributed by atoms with van der Waals surface area (Å²) in [6.07, 6.45) is 9.83. The van der Waals surface area contributed by atoms with Crippen LogP contribution in [-0.4, -0.2) is 35.5 Å². The van der Waals surface area contributed by atoms with E-state index in [4.69, 9.17) is 9.47 Å². The molecule has 122 valence electrons. The molecule has 0 bridgehead atoms. The van der Waals surface area contributed by atoms with Crippen LogP contribution < -0.4 is 0 Å². The van der Waals surface area contributed by atoms with Gasteiger partial charge in [0.15, 0.2) is 0 Å². The van der Waals surface area contributed by atoms with Crippen LogP contribution >= 0.6 is 0 Å². The zero-order valence-electron chi connectivity index (χ0n) is 14.0. The fourth-order valence-corrected chi connectivity index (χ4v) is 3.63. The Labute approximate surface area is 129 Å². The van der Waals surface area contributed by atoms with Crippen LogP contribution in [0, 0.1) is 0 Å². The van der Waals surface area contributed by atoms with Crippen molar-refractivity contribution in [2.24, 2.45) is 0 Å². The van der Waals surface area contributed by atoms with Gasteiger partial charge in [0, 0.05) is 0 Å². The van der Waals surface area contributed by atoms with Crippen LogP contribution in [0.3, 0.4) is 0 Å². The van der Waals surface area contributed by atoms with Crippen LogP contribution in [-0.2, 0) is 9.47 Å². The van der Waals surface area contributed by atoms with Crippen molar-refractivity contribution in [1.82, 2.24) is 4.90 Å². The molecule has 1 saturated heterocycles. The molecule has 1 aliphatic heterocycles. The Balaban J connectivity index is 1.84. The minimum absolute atomic E-state index is 0.185. The lowest BCUT2D eigenvalue weighted by atomic mass is 10.0. The first-order valence-corrected chi connectivity index (χ1v) is 8.63. The van der Waals surface area contributed by atoms with E-state index >= 15 is 0 Å². The second-order valence-electron chi connectivity index (χ2n) is 7.12. The van der Waals surface area contributed by atoms with Crippen LogP contribution in [0.25, 0.3) is 0 Å². The molecule has 0 aromatic heterocycles. The highest BCUT2D eigenvalue weighted by Crippen LogP contribution is 2.45. The molecule has 0 aromatic carbocycles. The summed E-state index contributed by atoms with van der Waals surface area (Å²) in [6, 6.07) is 0. The molecule has 1 saturated carbocycles. The summed E-state index contributed by atoms with van der Waals surface area (Å²) in [5.74, 6) is 0. The number of carbonyl (C=O) groups is 1. The molecule has 0 radical (unpaired) electrons. The topological polar surface area (TPSA) is 38.8 Å². The summed E-state index contributed by atoms with van der Waals surface area (Å²) in [6.45, 7) is 7.49. The number of hydrogen-bond acceptors (Lipinski definition) is 3. The molecular formula is C17H31NO3. The maximum atomic E-state index is 12.5. The Morgan fingerprint density at radius 3 is 2.48 bits per heavy atom. The average Bonchev–Trinajstić information content (AvgIpc) is 3.00. The third-order valence-corrected chi connectivity index (χ3v) is 4.75. The first-order chi connectivity index (χ1) is 10.0. The summed E-state index contributed by atoms with van der Waals surface area (Å²) in [5, 5.41) is 0. The third-order valence-electron chi connectivity index (χ3n) is 4.75. The van der Waals surface area contributed by atoms with Gasteiger partial charge in [-0.2, -0.15) is 0 Å².